The predicted molar refractivity (Wildman–Crippen MR) is 146 cm³/mol. The molecule has 0 bridgehead atoms. The van der Waals surface area contributed by atoms with E-state index < -0.39 is 5.97 Å². The third-order valence-corrected chi connectivity index (χ3v) is 7.32. The second kappa shape index (κ2) is 15.2. The Balaban J connectivity index is 1.79. The Labute approximate surface area is 220 Å². The fourth-order valence-electron chi connectivity index (χ4n) is 5.27. The van der Waals surface area contributed by atoms with Gasteiger partial charge in [-0.05, 0) is 73.7 Å². The molecule has 0 aliphatic carbocycles. The molecule has 36 heavy (non-hydrogen) atoms. The number of carbonyl (C=O) groups is 1. The molecule has 0 fully saturated rings. The predicted octanol–water partition coefficient (Wildman–Crippen LogP) is 7.16. The number of nitrogens with zero attached hydrogens (tertiary/aromatic N) is 2. The third kappa shape index (κ3) is 8.48. The van der Waals surface area contributed by atoms with Crippen molar-refractivity contribution in [3.63, 3.8) is 0 Å². The number of carboxylic acids is 1. The summed E-state index contributed by atoms with van der Waals surface area (Å²) in [7, 11) is 2.15. The van der Waals surface area contributed by atoms with Gasteiger partial charge in [0.15, 0.2) is 0 Å². The summed E-state index contributed by atoms with van der Waals surface area (Å²) in [6.45, 7) is 3.19. The van der Waals surface area contributed by atoms with E-state index in [1.165, 1.54) is 22.4 Å². The van der Waals surface area contributed by atoms with Crippen molar-refractivity contribution in [2.45, 2.75) is 76.8 Å². The van der Waals surface area contributed by atoms with E-state index >= 15 is 0 Å². The highest BCUT2D eigenvalue weighted by molar-refractivity contribution is 6.30. The van der Waals surface area contributed by atoms with Crippen molar-refractivity contribution in [1.29, 1.82) is 0 Å². The largest absolute Gasteiger partial charge is 0.481 e. The van der Waals surface area contributed by atoms with Gasteiger partial charge in [0.25, 0.3) is 0 Å². The first kappa shape index (κ1) is 28.5. The van der Waals surface area contributed by atoms with Gasteiger partial charge in [-0.25, -0.2) is 4.89 Å². The van der Waals surface area contributed by atoms with Crippen molar-refractivity contribution in [1.82, 2.24) is 4.90 Å². The molecule has 1 aliphatic rings. The fourth-order valence-corrected chi connectivity index (χ4v) is 5.47. The van der Waals surface area contributed by atoms with E-state index in [1.54, 1.807) is 0 Å². The van der Waals surface area contributed by atoms with Crippen LogP contribution in [0.3, 0.4) is 0 Å². The van der Waals surface area contributed by atoms with Gasteiger partial charge in [0.2, 0.25) is 0 Å². The van der Waals surface area contributed by atoms with Crippen LogP contribution in [0.5, 0.6) is 0 Å². The highest BCUT2D eigenvalue weighted by Crippen LogP contribution is 2.41. The number of halogens is 1. The minimum atomic E-state index is -0.711. The van der Waals surface area contributed by atoms with Crippen molar-refractivity contribution in [3.05, 3.63) is 64.2 Å². The van der Waals surface area contributed by atoms with Crippen LogP contribution >= 0.6 is 11.6 Å². The molecule has 1 heterocycles. The first-order valence-electron chi connectivity index (χ1n) is 13.3. The van der Waals surface area contributed by atoms with E-state index in [0.717, 1.165) is 82.4 Å². The molecule has 1 aliphatic heterocycles. The second-order valence-corrected chi connectivity index (χ2v) is 10.3. The van der Waals surface area contributed by atoms with Gasteiger partial charge in [-0.15, -0.1) is 0 Å². The van der Waals surface area contributed by atoms with Gasteiger partial charge in [-0.3, -0.25) is 15.0 Å². The number of anilines is 1. The monoisotopic (exact) mass is 516 g/mol. The highest BCUT2D eigenvalue weighted by atomic mass is 35.5. The zero-order chi connectivity index (χ0) is 25.8. The average molecular weight is 517 g/mol. The van der Waals surface area contributed by atoms with E-state index in [1.807, 2.05) is 6.07 Å². The van der Waals surface area contributed by atoms with E-state index in [-0.39, 0.29) is 12.5 Å². The van der Waals surface area contributed by atoms with Crippen molar-refractivity contribution in [2.75, 3.05) is 31.6 Å². The molecule has 1 unspecified atom stereocenters. The smallest absolute Gasteiger partial charge is 0.303 e. The summed E-state index contributed by atoms with van der Waals surface area (Å²) < 4.78 is 0. The van der Waals surface area contributed by atoms with E-state index in [4.69, 9.17) is 22.0 Å². The molecule has 6 nitrogen and oxygen atoms in total. The lowest BCUT2D eigenvalue weighted by Crippen LogP contribution is -2.32. The lowest BCUT2D eigenvalue weighted by molar-refractivity contribution is -0.242. The lowest BCUT2D eigenvalue weighted by atomic mass is 9.92. The maximum absolute atomic E-state index is 10.9. The Morgan fingerprint density at radius 1 is 0.972 bits per heavy atom. The topological polar surface area (TPSA) is 73.2 Å². The molecular formula is C29H41ClN2O4. The van der Waals surface area contributed by atoms with Crippen molar-refractivity contribution in [2.24, 2.45) is 0 Å². The first-order chi connectivity index (χ1) is 17.5. The molecule has 0 saturated heterocycles. The molecule has 0 saturated carbocycles. The Kier molecular flexibility index (Phi) is 12.0. The Morgan fingerprint density at radius 2 is 1.64 bits per heavy atom. The summed E-state index contributed by atoms with van der Waals surface area (Å²) >= 11 is 6.43. The maximum Gasteiger partial charge on any atom is 0.303 e. The molecule has 2 aromatic carbocycles. The van der Waals surface area contributed by atoms with Crippen LogP contribution in [0.1, 0.15) is 86.9 Å². The summed E-state index contributed by atoms with van der Waals surface area (Å²) in [6, 6.07) is 15.2. The molecule has 2 N–H and O–H groups in total. The highest BCUT2D eigenvalue weighted by Gasteiger charge is 2.30. The number of aliphatic carboxylic acids is 1. The average Bonchev–Trinajstić information content (AvgIpc) is 2.97. The van der Waals surface area contributed by atoms with Crippen molar-refractivity contribution >= 4 is 23.3 Å². The fraction of sp³-hybridized carbons (Fsp3) is 0.552. The second-order valence-electron chi connectivity index (χ2n) is 9.86. The number of hydrogen-bond donors (Lipinski definition) is 2. The summed E-state index contributed by atoms with van der Waals surface area (Å²) in [5, 5.41) is 18.2. The first-order valence-corrected chi connectivity index (χ1v) is 13.7. The molecule has 1 atom stereocenters. The van der Waals surface area contributed by atoms with Gasteiger partial charge in [0, 0.05) is 30.7 Å². The number of unbranched alkanes of at least 4 members (excludes halogenated alkanes) is 7. The quantitative estimate of drug-likeness (QED) is 0.140. The van der Waals surface area contributed by atoms with Crippen LogP contribution in [0, 0.1) is 0 Å². The van der Waals surface area contributed by atoms with Gasteiger partial charge in [0.05, 0.1) is 12.6 Å². The minimum absolute atomic E-state index is 0.153. The SMILES string of the molecule is CN1Cc2cc(Cl)ccc2C(N(CCCCCCCOO)CCCCCCC(=O)O)c2ccccc21. The van der Waals surface area contributed by atoms with Crippen molar-refractivity contribution < 1.29 is 20.0 Å². The number of rotatable bonds is 16. The van der Waals surface area contributed by atoms with Crippen LogP contribution in [0.4, 0.5) is 5.69 Å². The summed E-state index contributed by atoms with van der Waals surface area (Å²) in [5.41, 5.74) is 5.17. The molecule has 0 spiro atoms. The van der Waals surface area contributed by atoms with E-state index in [2.05, 4.69) is 58.1 Å². The molecule has 2 aromatic rings. The van der Waals surface area contributed by atoms with Gasteiger partial charge < -0.3 is 10.0 Å². The number of fused-ring (bicyclic) bond motifs is 2. The molecule has 198 valence electrons. The number of hydrogen-bond acceptors (Lipinski definition) is 5. The third-order valence-electron chi connectivity index (χ3n) is 7.08. The standard InChI is InChI=1S/C29H41ClN2O4/c1-31-22-23-21-24(30)16-17-25(23)29(26-13-8-9-14-27(26)31)32(18-10-4-2-6-12-20-36-35)19-11-5-3-7-15-28(33)34/h8-9,13-14,16-17,21,29,35H,2-7,10-12,15,18-20,22H2,1H3,(H,33,34). The maximum atomic E-state index is 10.9. The lowest BCUT2D eigenvalue weighted by Gasteiger charge is -2.34. The van der Waals surface area contributed by atoms with Crippen LogP contribution < -0.4 is 4.90 Å². The molecule has 7 heteroatoms. The van der Waals surface area contributed by atoms with Crippen LogP contribution in [0.2, 0.25) is 5.02 Å². The van der Waals surface area contributed by atoms with Gasteiger partial charge in [-0.2, -0.15) is 0 Å². The molecule has 0 aromatic heterocycles. The van der Waals surface area contributed by atoms with Crippen LogP contribution in [-0.2, 0) is 16.2 Å². The summed E-state index contributed by atoms with van der Waals surface area (Å²) in [4.78, 5) is 20.0. The minimum Gasteiger partial charge on any atom is -0.481 e. The number of benzene rings is 2. The Morgan fingerprint density at radius 3 is 2.36 bits per heavy atom. The zero-order valence-electron chi connectivity index (χ0n) is 21.5. The van der Waals surface area contributed by atoms with Crippen LogP contribution in [0.15, 0.2) is 42.5 Å². The van der Waals surface area contributed by atoms with Crippen LogP contribution in [-0.4, -0.2) is 48.0 Å². The molecular weight excluding hydrogens is 476 g/mol. The van der Waals surface area contributed by atoms with Gasteiger partial charge in [0.1, 0.15) is 0 Å². The number of carboxylic acid groups (broad SMARTS) is 1. The van der Waals surface area contributed by atoms with E-state index in [0.29, 0.717) is 6.61 Å². The van der Waals surface area contributed by atoms with Crippen molar-refractivity contribution in [3.8, 4) is 0 Å². The summed E-state index contributed by atoms with van der Waals surface area (Å²) in [6.07, 6.45) is 9.34. The van der Waals surface area contributed by atoms with Crippen LogP contribution in [0.25, 0.3) is 0 Å². The number of para-hydroxylation sites is 1. The zero-order valence-corrected chi connectivity index (χ0v) is 22.3. The van der Waals surface area contributed by atoms with Gasteiger partial charge >= 0.3 is 5.97 Å². The Bertz CT molecular complexity index is 955. The normalized spacial score (nSPS) is 15.0. The summed E-state index contributed by atoms with van der Waals surface area (Å²) in [5.74, 6) is -0.711. The Hall–Kier alpha value is -2.12. The molecule has 0 radical (unpaired) electrons. The van der Waals surface area contributed by atoms with E-state index in [9.17, 15) is 4.79 Å². The molecule has 0 amide bonds. The molecule has 3 rings (SSSR count). The van der Waals surface area contributed by atoms with Gasteiger partial charge in [-0.1, -0.05) is 68.0 Å².